The molecule has 0 unspecified atom stereocenters. The second kappa shape index (κ2) is 7.25. The second-order valence-corrected chi connectivity index (χ2v) is 7.90. The van der Waals surface area contributed by atoms with Gasteiger partial charge in [-0.25, -0.2) is 19.2 Å². The summed E-state index contributed by atoms with van der Waals surface area (Å²) in [5.74, 6) is -6.31. The lowest BCUT2D eigenvalue weighted by atomic mass is 9.91. The van der Waals surface area contributed by atoms with Crippen LogP contribution in [-0.4, -0.2) is 44.3 Å². The van der Waals surface area contributed by atoms with Crippen LogP contribution in [0.4, 0.5) is 0 Å². The summed E-state index contributed by atoms with van der Waals surface area (Å²) in [7, 11) is 0. The van der Waals surface area contributed by atoms with Crippen molar-refractivity contribution in [1.82, 2.24) is 0 Å². The van der Waals surface area contributed by atoms with Gasteiger partial charge in [0.2, 0.25) is 0 Å². The Balaban J connectivity index is 3.51. The zero-order chi connectivity index (χ0) is 20.1. The minimum absolute atomic E-state index is 0.233. The van der Waals surface area contributed by atoms with Gasteiger partial charge >= 0.3 is 23.9 Å². The molecule has 0 saturated carbocycles. The molecule has 8 nitrogen and oxygen atoms in total. The average molecular weight is 620 g/mol. The number of hydrogen-bond donors (Lipinski definition) is 4. The van der Waals surface area contributed by atoms with E-state index in [2.05, 4.69) is 63.7 Å². The van der Waals surface area contributed by atoms with Crippen LogP contribution in [0.5, 0.6) is 0 Å². The van der Waals surface area contributed by atoms with E-state index in [0.29, 0.717) is 0 Å². The zero-order valence-electron chi connectivity index (χ0n) is 11.9. The van der Waals surface area contributed by atoms with Crippen molar-refractivity contribution in [2.45, 2.75) is 0 Å². The highest BCUT2D eigenvalue weighted by molar-refractivity contribution is 9.13. The topological polar surface area (TPSA) is 149 Å². The Morgan fingerprint density at radius 3 is 0.731 bits per heavy atom. The number of fused-ring (bicyclic) bond motifs is 1. The van der Waals surface area contributed by atoms with Gasteiger partial charge in [-0.3, -0.25) is 0 Å². The number of carbonyl (C=O) groups is 4. The fraction of sp³-hybridized carbons (Fsp3) is 0. The number of carboxylic acids is 4. The Bertz CT molecular complexity index is 883. The third kappa shape index (κ3) is 3.04. The molecule has 2 aromatic carbocycles. The van der Waals surface area contributed by atoms with E-state index >= 15 is 0 Å². The van der Waals surface area contributed by atoms with E-state index in [1.165, 1.54) is 0 Å². The van der Waals surface area contributed by atoms with Crippen LogP contribution in [0.2, 0.25) is 0 Å². The van der Waals surface area contributed by atoms with Gasteiger partial charge < -0.3 is 20.4 Å². The van der Waals surface area contributed by atoms with E-state index in [4.69, 9.17) is 0 Å². The molecule has 0 radical (unpaired) electrons. The maximum Gasteiger partial charge on any atom is 0.337 e. The van der Waals surface area contributed by atoms with Crippen LogP contribution in [0, 0.1) is 0 Å². The van der Waals surface area contributed by atoms with Crippen molar-refractivity contribution in [2.24, 2.45) is 0 Å². The largest absolute Gasteiger partial charge is 0.478 e. The lowest BCUT2D eigenvalue weighted by Gasteiger charge is -2.18. The van der Waals surface area contributed by atoms with Crippen molar-refractivity contribution >= 4 is 98.4 Å². The highest BCUT2D eigenvalue weighted by Gasteiger charge is 2.34. The molecule has 4 N–H and O–H groups in total. The SMILES string of the molecule is O=C(O)c1c(Br)c(Br)c(C(=O)O)c2c(C(=O)O)c(Br)c(Br)c(C(=O)O)c12. The predicted molar refractivity (Wildman–Crippen MR) is 103 cm³/mol. The monoisotopic (exact) mass is 616 g/mol. The molecule has 26 heavy (non-hydrogen) atoms. The first-order valence-electron chi connectivity index (χ1n) is 6.22. The van der Waals surface area contributed by atoms with Gasteiger partial charge in [0.25, 0.3) is 0 Å². The quantitative estimate of drug-likeness (QED) is 0.385. The standard InChI is InChI=1S/C14H4Br4O8/c15-7-3(11(19)20)1-2(5(9(7)17)13(23)24)6(14(25)26)10(18)8(16)4(1)12(21)22/h(H,19,20)(H,21,22)(H,23,24)(H,25,26). The molecule has 0 aliphatic heterocycles. The molecule has 0 aromatic heterocycles. The molecular weight excluding hydrogens is 616 g/mol. The molecule has 0 amide bonds. The highest BCUT2D eigenvalue weighted by atomic mass is 79.9. The second-order valence-electron chi connectivity index (χ2n) is 4.73. The molecule has 12 heteroatoms. The molecule has 0 spiro atoms. The van der Waals surface area contributed by atoms with E-state index in [9.17, 15) is 39.6 Å². The Kier molecular flexibility index (Phi) is 5.80. The molecule has 0 aliphatic rings. The third-order valence-electron chi connectivity index (χ3n) is 3.37. The Morgan fingerprint density at radius 2 is 0.615 bits per heavy atom. The van der Waals surface area contributed by atoms with Crippen molar-refractivity contribution in [3.8, 4) is 0 Å². The molecule has 0 aliphatic carbocycles. The first-order valence-corrected chi connectivity index (χ1v) is 9.39. The summed E-state index contributed by atoms with van der Waals surface area (Å²) in [5, 5.41) is 37.1. The summed E-state index contributed by atoms with van der Waals surface area (Å²) in [6, 6.07) is 0. The summed E-state index contributed by atoms with van der Waals surface area (Å²) >= 11 is 11.8. The van der Waals surface area contributed by atoms with Crippen LogP contribution in [0.15, 0.2) is 17.9 Å². The lowest BCUT2D eigenvalue weighted by molar-refractivity contribution is 0.0673. The normalized spacial score (nSPS) is 10.8. The van der Waals surface area contributed by atoms with E-state index in [0.717, 1.165) is 0 Å². The Labute approximate surface area is 177 Å². The molecule has 0 saturated heterocycles. The van der Waals surface area contributed by atoms with Crippen LogP contribution in [0.1, 0.15) is 41.4 Å². The minimum Gasteiger partial charge on any atom is -0.478 e. The highest BCUT2D eigenvalue weighted by Crippen LogP contribution is 2.46. The molecule has 2 rings (SSSR count). The summed E-state index contributed by atoms with van der Waals surface area (Å²) in [5.41, 5.74) is -2.37. The van der Waals surface area contributed by atoms with Crippen molar-refractivity contribution in [3.63, 3.8) is 0 Å². The van der Waals surface area contributed by atoms with Crippen molar-refractivity contribution in [3.05, 3.63) is 40.1 Å². The van der Waals surface area contributed by atoms with Gasteiger partial charge in [0, 0.05) is 28.7 Å². The molecule has 0 bridgehead atoms. The van der Waals surface area contributed by atoms with E-state index in [1.54, 1.807) is 0 Å². The molecule has 0 atom stereocenters. The van der Waals surface area contributed by atoms with Crippen molar-refractivity contribution < 1.29 is 39.6 Å². The summed E-state index contributed by atoms with van der Waals surface area (Å²) < 4.78 is -0.933. The van der Waals surface area contributed by atoms with Gasteiger partial charge in [-0.15, -0.1) is 0 Å². The number of halogens is 4. The fourth-order valence-corrected chi connectivity index (χ4v) is 4.70. The van der Waals surface area contributed by atoms with E-state index in [-0.39, 0.29) is 17.9 Å². The van der Waals surface area contributed by atoms with Gasteiger partial charge in [0.05, 0.1) is 22.3 Å². The number of aromatic carboxylic acids is 4. The molecule has 136 valence electrons. The maximum absolute atomic E-state index is 11.8. The third-order valence-corrected chi connectivity index (χ3v) is 7.60. The summed E-state index contributed by atoms with van der Waals surface area (Å²) in [6.45, 7) is 0. The van der Waals surface area contributed by atoms with Crippen LogP contribution in [-0.2, 0) is 0 Å². The smallest absolute Gasteiger partial charge is 0.337 e. The van der Waals surface area contributed by atoms with E-state index in [1.807, 2.05) is 0 Å². The van der Waals surface area contributed by atoms with Gasteiger partial charge in [0.1, 0.15) is 0 Å². The van der Waals surface area contributed by atoms with Gasteiger partial charge in [-0.05, 0) is 63.7 Å². The average Bonchev–Trinajstić information content (AvgIpc) is 2.49. The molecule has 0 fully saturated rings. The number of hydrogen-bond acceptors (Lipinski definition) is 4. The lowest BCUT2D eigenvalue weighted by Crippen LogP contribution is -2.14. The van der Waals surface area contributed by atoms with Crippen LogP contribution >= 0.6 is 63.7 Å². The molecule has 0 heterocycles. The van der Waals surface area contributed by atoms with Crippen molar-refractivity contribution in [1.29, 1.82) is 0 Å². The zero-order valence-corrected chi connectivity index (χ0v) is 18.3. The van der Waals surface area contributed by atoms with Gasteiger partial charge in [-0.2, -0.15) is 0 Å². The molecular formula is C14H4Br4O8. The number of benzene rings is 2. The molecule has 2 aromatic rings. The van der Waals surface area contributed by atoms with E-state index < -0.39 is 56.9 Å². The van der Waals surface area contributed by atoms with Gasteiger partial charge in [0.15, 0.2) is 0 Å². The van der Waals surface area contributed by atoms with Gasteiger partial charge in [-0.1, -0.05) is 0 Å². The summed E-state index contributed by atoms with van der Waals surface area (Å²) in [4.78, 5) is 47.0. The fourth-order valence-electron chi connectivity index (χ4n) is 2.43. The number of rotatable bonds is 4. The maximum atomic E-state index is 11.8. The van der Waals surface area contributed by atoms with Crippen LogP contribution in [0.25, 0.3) is 10.8 Å². The summed E-state index contributed by atoms with van der Waals surface area (Å²) in [6.07, 6.45) is 0. The first-order chi connectivity index (χ1) is 11.9. The number of carboxylic acid groups (broad SMARTS) is 4. The predicted octanol–water partition coefficient (Wildman–Crippen LogP) is 4.68. The van der Waals surface area contributed by atoms with Crippen molar-refractivity contribution in [2.75, 3.05) is 0 Å². The Hall–Kier alpha value is -1.50. The van der Waals surface area contributed by atoms with Crippen LogP contribution < -0.4 is 0 Å². The first kappa shape index (κ1) is 20.8. The minimum atomic E-state index is -1.58. The van der Waals surface area contributed by atoms with Crippen LogP contribution in [0.3, 0.4) is 0 Å². The Morgan fingerprint density at radius 1 is 0.462 bits per heavy atom.